The molecule has 0 spiro atoms. The second kappa shape index (κ2) is 11.0. The molecule has 10 heteroatoms. The van der Waals surface area contributed by atoms with E-state index < -0.39 is 18.5 Å². The number of carbonyl (C=O) groups excluding carboxylic acids is 2. The van der Waals surface area contributed by atoms with Gasteiger partial charge >= 0.3 is 5.97 Å². The maximum absolute atomic E-state index is 12.2. The van der Waals surface area contributed by atoms with Gasteiger partial charge < -0.3 is 18.9 Å². The lowest BCUT2D eigenvalue weighted by Gasteiger charge is -2.14. The normalized spacial score (nSPS) is 10.4. The third kappa shape index (κ3) is 5.98. The molecule has 0 saturated heterocycles. The van der Waals surface area contributed by atoms with E-state index >= 15 is 0 Å². The van der Waals surface area contributed by atoms with E-state index in [2.05, 4.69) is 26.2 Å². The molecular formula is C22H21BrN2O6S. The van der Waals surface area contributed by atoms with Crippen molar-refractivity contribution >= 4 is 44.3 Å². The van der Waals surface area contributed by atoms with Crippen LogP contribution < -0.4 is 19.5 Å². The number of anilines is 1. The minimum Gasteiger partial charge on any atom is -0.493 e. The molecule has 3 aromatic rings. The fourth-order valence-electron chi connectivity index (χ4n) is 2.87. The number of rotatable bonds is 9. The summed E-state index contributed by atoms with van der Waals surface area (Å²) in [5.74, 6) is 0.244. The number of nitrogens with one attached hydrogen (secondary N) is 1. The lowest BCUT2D eigenvalue weighted by Crippen LogP contribution is -2.21. The van der Waals surface area contributed by atoms with Crippen molar-refractivity contribution in [1.82, 2.24) is 4.98 Å². The van der Waals surface area contributed by atoms with Crippen LogP contribution in [0.5, 0.6) is 17.2 Å². The molecule has 0 aliphatic heterocycles. The summed E-state index contributed by atoms with van der Waals surface area (Å²) >= 11 is 4.71. The maximum Gasteiger partial charge on any atom is 0.310 e. The minimum absolute atomic E-state index is 0.0612. The fourth-order valence-corrected chi connectivity index (χ4v) is 4.00. The van der Waals surface area contributed by atoms with Crippen molar-refractivity contribution in [3.8, 4) is 28.5 Å². The standard InChI is InChI=1S/C22H21BrN2O6S/c1-28-17-7-13(8-18(29-2)21(17)30-3)9-20(27)31-11-19(26)25-22-24-16(12-32-22)14-5-4-6-15(23)10-14/h4-8,10,12H,9,11H2,1-3H3,(H,24,25,26). The van der Waals surface area contributed by atoms with Gasteiger partial charge in [0.1, 0.15) is 0 Å². The second-order valence-corrected chi connectivity index (χ2v) is 8.24. The third-order valence-corrected chi connectivity index (χ3v) is 5.56. The Balaban J connectivity index is 1.55. The summed E-state index contributed by atoms with van der Waals surface area (Å²) < 4.78 is 21.9. The number of nitrogens with zero attached hydrogens (tertiary/aromatic N) is 1. The van der Waals surface area contributed by atoms with Crippen LogP contribution in [-0.4, -0.2) is 44.8 Å². The molecule has 0 bridgehead atoms. The van der Waals surface area contributed by atoms with Crippen molar-refractivity contribution in [3.05, 3.63) is 51.8 Å². The van der Waals surface area contributed by atoms with Gasteiger partial charge in [0.05, 0.1) is 33.4 Å². The highest BCUT2D eigenvalue weighted by Gasteiger charge is 2.16. The van der Waals surface area contributed by atoms with E-state index in [0.717, 1.165) is 15.7 Å². The van der Waals surface area contributed by atoms with E-state index in [1.165, 1.54) is 32.7 Å². The molecule has 0 unspecified atom stereocenters. The van der Waals surface area contributed by atoms with Crippen LogP contribution in [0, 0.1) is 0 Å². The number of esters is 1. The summed E-state index contributed by atoms with van der Waals surface area (Å²) in [5.41, 5.74) is 2.27. The third-order valence-electron chi connectivity index (χ3n) is 4.31. The van der Waals surface area contributed by atoms with Crippen LogP contribution in [0.2, 0.25) is 0 Å². The summed E-state index contributed by atoms with van der Waals surface area (Å²) in [6.07, 6.45) is -0.0612. The van der Waals surface area contributed by atoms with Crippen LogP contribution >= 0.6 is 27.3 Å². The first-order chi connectivity index (χ1) is 15.4. The fraction of sp³-hybridized carbons (Fsp3) is 0.227. The molecule has 0 atom stereocenters. The minimum atomic E-state index is -0.566. The Morgan fingerprint density at radius 3 is 2.41 bits per heavy atom. The Labute approximate surface area is 197 Å². The van der Waals surface area contributed by atoms with Crippen molar-refractivity contribution < 1.29 is 28.5 Å². The number of benzene rings is 2. The van der Waals surface area contributed by atoms with Gasteiger partial charge in [-0.05, 0) is 29.8 Å². The van der Waals surface area contributed by atoms with Gasteiger partial charge in [-0.1, -0.05) is 28.1 Å². The zero-order valence-corrected chi connectivity index (χ0v) is 20.0. The molecule has 1 N–H and O–H groups in total. The molecule has 0 radical (unpaired) electrons. The summed E-state index contributed by atoms with van der Waals surface area (Å²) in [6.45, 7) is -0.422. The van der Waals surface area contributed by atoms with Crippen LogP contribution in [-0.2, 0) is 20.7 Å². The van der Waals surface area contributed by atoms with Gasteiger partial charge in [-0.25, -0.2) is 4.98 Å². The van der Waals surface area contributed by atoms with E-state index in [1.807, 2.05) is 29.6 Å². The Morgan fingerprint density at radius 2 is 1.78 bits per heavy atom. The number of methoxy groups -OCH3 is 3. The number of hydrogen-bond donors (Lipinski definition) is 1. The SMILES string of the molecule is COc1cc(CC(=O)OCC(=O)Nc2nc(-c3cccc(Br)c3)cs2)cc(OC)c1OC. The van der Waals surface area contributed by atoms with Crippen LogP contribution in [0.1, 0.15) is 5.56 Å². The van der Waals surface area contributed by atoms with Crippen LogP contribution in [0.25, 0.3) is 11.3 Å². The number of halogens is 1. The molecule has 32 heavy (non-hydrogen) atoms. The van der Waals surface area contributed by atoms with Gasteiger partial charge in [-0.15, -0.1) is 11.3 Å². The number of hydrogen-bond acceptors (Lipinski definition) is 8. The molecule has 3 rings (SSSR count). The Morgan fingerprint density at radius 1 is 1.06 bits per heavy atom. The van der Waals surface area contributed by atoms with Crippen molar-refractivity contribution in [2.45, 2.75) is 6.42 Å². The zero-order chi connectivity index (χ0) is 23.1. The Bertz CT molecular complexity index is 1090. The molecule has 2 aromatic carbocycles. The topological polar surface area (TPSA) is 96.0 Å². The largest absolute Gasteiger partial charge is 0.493 e. The van der Waals surface area contributed by atoms with Crippen LogP contribution in [0.4, 0.5) is 5.13 Å². The lowest BCUT2D eigenvalue weighted by atomic mass is 10.1. The second-order valence-electron chi connectivity index (χ2n) is 6.47. The van der Waals surface area contributed by atoms with E-state index in [0.29, 0.717) is 27.9 Å². The molecule has 1 amide bonds. The molecule has 1 aromatic heterocycles. The predicted octanol–water partition coefficient (Wildman–Crippen LogP) is 4.32. The first-order valence-corrected chi connectivity index (χ1v) is 11.1. The predicted molar refractivity (Wildman–Crippen MR) is 125 cm³/mol. The highest BCUT2D eigenvalue weighted by atomic mass is 79.9. The molecule has 1 heterocycles. The van der Waals surface area contributed by atoms with Crippen LogP contribution in [0.15, 0.2) is 46.3 Å². The first-order valence-electron chi connectivity index (χ1n) is 9.39. The van der Waals surface area contributed by atoms with Crippen molar-refractivity contribution in [2.24, 2.45) is 0 Å². The van der Waals surface area contributed by atoms with E-state index in [-0.39, 0.29) is 6.42 Å². The molecule has 0 fully saturated rings. The average molecular weight is 521 g/mol. The molecular weight excluding hydrogens is 500 g/mol. The van der Waals surface area contributed by atoms with Crippen molar-refractivity contribution in [3.63, 3.8) is 0 Å². The van der Waals surface area contributed by atoms with Crippen molar-refractivity contribution in [2.75, 3.05) is 33.3 Å². The smallest absolute Gasteiger partial charge is 0.310 e. The molecule has 0 aliphatic carbocycles. The molecule has 0 saturated carbocycles. The summed E-state index contributed by atoms with van der Waals surface area (Å²) in [4.78, 5) is 28.8. The van der Waals surface area contributed by atoms with E-state index in [9.17, 15) is 9.59 Å². The monoisotopic (exact) mass is 520 g/mol. The van der Waals surface area contributed by atoms with Gasteiger partial charge in [0.15, 0.2) is 23.2 Å². The number of amides is 1. The number of thiazole rings is 1. The highest BCUT2D eigenvalue weighted by molar-refractivity contribution is 9.10. The molecule has 8 nitrogen and oxygen atoms in total. The summed E-state index contributed by atoms with van der Waals surface area (Å²) in [5, 5.41) is 4.90. The van der Waals surface area contributed by atoms with E-state index in [1.54, 1.807) is 12.1 Å². The highest BCUT2D eigenvalue weighted by Crippen LogP contribution is 2.38. The van der Waals surface area contributed by atoms with Gasteiger partial charge in [0, 0.05) is 15.4 Å². The van der Waals surface area contributed by atoms with E-state index in [4.69, 9.17) is 18.9 Å². The van der Waals surface area contributed by atoms with Gasteiger partial charge in [-0.2, -0.15) is 0 Å². The number of carbonyl (C=O) groups is 2. The number of ether oxygens (including phenoxy) is 4. The maximum atomic E-state index is 12.2. The van der Waals surface area contributed by atoms with Crippen LogP contribution in [0.3, 0.4) is 0 Å². The number of aromatic nitrogens is 1. The van der Waals surface area contributed by atoms with Gasteiger partial charge in [0.2, 0.25) is 5.75 Å². The van der Waals surface area contributed by atoms with Gasteiger partial charge in [-0.3, -0.25) is 14.9 Å². The zero-order valence-electron chi connectivity index (χ0n) is 17.6. The summed E-state index contributed by atoms with van der Waals surface area (Å²) in [6, 6.07) is 11.0. The Hall–Kier alpha value is -3.11. The first kappa shape index (κ1) is 23.6. The molecule has 0 aliphatic rings. The van der Waals surface area contributed by atoms with Gasteiger partial charge in [0.25, 0.3) is 5.91 Å². The quantitative estimate of drug-likeness (QED) is 0.419. The molecule has 168 valence electrons. The summed E-state index contributed by atoms with van der Waals surface area (Å²) in [7, 11) is 4.48. The lowest BCUT2D eigenvalue weighted by molar-refractivity contribution is -0.146. The van der Waals surface area contributed by atoms with Crippen molar-refractivity contribution in [1.29, 1.82) is 0 Å². The average Bonchev–Trinajstić information content (AvgIpc) is 3.25. The Kier molecular flexibility index (Phi) is 8.07.